The highest BCUT2D eigenvalue weighted by Crippen LogP contribution is 2.45. The molecule has 2 amide bonds. The van der Waals surface area contributed by atoms with Gasteiger partial charge in [-0.2, -0.15) is 0 Å². The van der Waals surface area contributed by atoms with Crippen molar-refractivity contribution in [2.45, 2.75) is 17.5 Å². The number of carbonyl (C=O) groups is 1. The van der Waals surface area contributed by atoms with Crippen LogP contribution in [-0.2, 0) is 4.74 Å². The smallest absolute Gasteiger partial charge is 0.312 e. The molecule has 0 aromatic heterocycles. The zero-order valence-corrected chi connectivity index (χ0v) is 11.0. The van der Waals surface area contributed by atoms with Crippen LogP contribution in [0.3, 0.4) is 0 Å². The van der Waals surface area contributed by atoms with Gasteiger partial charge in [-0.05, 0) is 12.6 Å². The normalized spacial score (nSPS) is 29.1. The molecule has 3 rings (SSSR count). The lowest BCUT2D eigenvalue weighted by Crippen LogP contribution is -2.61. The summed E-state index contributed by atoms with van der Waals surface area (Å²) in [7, 11) is 2.08. The lowest BCUT2D eigenvalue weighted by Gasteiger charge is -2.47. The number of amides is 2. The maximum absolute atomic E-state index is 11.2. The van der Waals surface area contributed by atoms with E-state index >= 15 is 0 Å². The van der Waals surface area contributed by atoms with Gasteiger partial charge in [0, 0.05) is 12.5 Å². The van der Waals surface area contributed by atoms with Crippen LogP contribution in [0.1, 0.15) is 11.5 Å². The lowest BCUT2D eigenvalue weighted by atomic mass is 9.76. The highest BCUT2D eigenvalue weighted by molar-refractivity contribution is 5.72. The van der Waals surface area contributed by atoms with Crippen molar-refractivity contribution in [3.63, 3.8) is 0 Å². The van der Waals surface area contributed by atoms with Crippen molar-refractivity contribution in [3.05, 3.63) is 35.9 Å². The highest BCUT2D eigenvalue weighted by atomic mass is 16.5. The van der Waals surface area contributed by atoms with Gasteiger partial charge in [-0.15, -0.1) is 0 Å². The molecule has 102 valence electrons. The third-order valence-corrected chi connectivity index (χ3v) is 4.40. The SMILES string of the molecule is CN1CC(NC(N)=O)C(c2ccccc2)C12COC2. The summed E-state index contributed by atoms with van der Waals surface area (Å²) < 4.78 is 5.45. The molecule has 2 atom stereocenters. The van der Waals surface area contributed by atoms with Gasteiger partial charge >= 0.3 is 6.03 Å². The number of nitrogens with one attached hydrogen (secondary N) is 1. The molecule has 0 radical (unpaired) electrons. The Morgan fingerprint density at radius 2 is 2.11 bits per heavy atom. The molecule has 2 unspecified atom stereocenters. The minimum atomic E-state index is -0.461. The van der Waals surface area contributed by atoms with E-state index in [4.69, 9.17) is 10.5 Å². The first-order valence-corrected chi connectivity index (χ1v) is 6.53. The van der Waals surface area contributed by atoms with E-state index in [1.807, 2.05) is 18.2 Å². The molecular weight excluding hydrogens is 242 g/mol. The summed E-state index contributed by atoms with van der Waals surface area (Å²) in [4.78, 5) is 13.5. The summed E-state index contributed by atoms with van der Waals surface area (Å²) in [5.74, 6) is 0.222. The molecular formula is C14H19N3O2. The van der Waals surface area contributed by atoms with Gasteiger partial charge in [-0.1, -0.05) is 30.3 Å². The molecule has 5 nitrogen and oxygen atoms in total. The van der Waals surface area contributed by atoms with E-state index in [0.717, 1.165) is 6.54 Å². The summed E-state index contributed by atoms with van der Waals surface area (Å²) >= 11 is 0. The Morgan fingerprint density at radius 3 is 2.63 bits per heavy atom. The second kappa shape index (κ2) is 4.51. The number of carbonyl (C=O) groups excluding carboxylic acids is 1. The van der Waals surface area contributed by atoms with Crippen molar-refractivity contribution >= 4 is 6.03 Å². The first kappa shape index (κ1) is 12.4. The number of nitrogens with zero attached hydrogens (tertiary/aromatic N) is 1. The molecule has 2 heterocycles. The van der Waals surface area contributed by atoms with Crippen molar-refractivity contribution in [2.24, 2.45) is 5.73 Å². The molecule has 1 spiro atoms. The summed E-state index contributed by atoms with van der Waals surface area (Å²) in [5.41, 5.74) is 6.53. The Hall–Kier alpha value is -1.59. The van der Waals surface area contributed by atoms with Gasteiger partial charge in [-0.3, -0.25) is 4.90 Å². The van der Waals surface area contributed by atoms with Crippen molar-refractivity contribution < 1.29 is 9.53 Å². The van der Waals surface area contributed by atoms with Gasteiger partial charge in [0.1, 0.15) is 0 Å². The van der Waals surface area contributed by atoms with Crippen LogP contribution < -0.4 is 11.1 Å². The Balaban J connectivity index is 1.96. The molecule has 2 fully saturated rings. The minimum absolute atomic E-state index is 0.00549. The highest BCUT2D eigenvalue weighted by Gasteiger charge is 2.57. The fourth-order valence-electron chi connectivity index (χ4n) is 3.42. The van der Waals surface area contributed by atoms with Gasteiger partial charge in [0.05, 0.1) is 24.8 Å². The monoisotopic (exact) mass is 261 g/mol. The molecule has 2 aliphatic rings. The standard InChI is InChI=1S/C14H19N3O2/c1-17-7-11(16-13(15)18)12(14(17)8-19-9-14)10-5-3-2-4-6-10/h2-6,11-12H,7-9H2,1H3,(H3,15,16,18). The summed E-state index contributed by atoms with van der Waals surface area (Å²) in [6.45, 7) is 2.21. The first-order valence-electron chi connectivity index (χ1n) is 6.53. The van der Waals surface area contributed by atoms with E-state index in [2.05, 4.69) is 29.4 Å². The molecule has 1 aromatic carbocycles. The number of urea groups is 1. The van der Waals surface area contributed by atoms with Crippen molar-refractivity contribution in [3.8, 4) is 0 Å². The number of hydrogen-bond donors (Lipinski definition) is 2. The average Bonchev–Trinajstić information content (AvgIpc) is 2.61. The Morgan fingerprint density at radius 1 is 1.42 bits per heavy atom. The molecule has 0 aliphatic carbocycles. The number of ether oxygens (including phenoxy) is 1. The molecule has 0 bridgehead atoms. The number of nitrogens with two attached hydrogens (primary N) is 1. The van der Waals surface area contributed by atoms with Crippen LogP contribution >= 0.6 is 0 Å². The zero-order chi connectivity index (χ0) is 13.5. The number of likely N-dealkylation sites (tertiary alicyclic amines) is 1. The Bertz CT molecular complexity index is 473. The number of benzene rings is 1. The second-order valence-corrected chi connectivity index (χ2v) is 5.48. The molecule has 2 aliphatic heterocycles. The molecule has 0 saturated carbocycles. The minimum Gasteiger partial charge on any atom is -0.377 e. The third kappa shape index (κ3) is 1.89. The topological polar surface area (TPSA) is 67.6 Å². The number of primary amides is 1. The van der Waals surface area contributed by atoms with Crippen LogP contribution in [0.15, 0.2) is 30.3 Å². The van der Waals surface area contributed by atoms with E-state index in [1.165, 1.54) is 5.56 Å². The quantitative estimate of drug-likeness (QED) is 0.815. The molecule has 5 heteroatoms. The fraction of sp³-hybridized carbons (Fsp3) is 0.500. The van der Waals surface area contributed by atoms with Crippen LogP contribution in [0.2, 0.25) is 0 Å². The molecule has 1 aromatic rings. The van der Waals surface area contributed by atoms with Gasteiger partial charge < -0.3 is 15.8 Å². The number of hydrogen-bond acceptors (Lipinski definition) is 3. The van der Waals surface area contributed by atoms with Gasteiger partial charge in [0.2, 0.25) is 0 Å². The van der Waals surface area contributed by atoms with Crippen LogP contribution in [-0.4, -0.2) is 49.3 Å². The summed E-state index contributed by atoms with van der Waals surface area (Å²) in [6, 6.07) is 9.86. The van der Waals surface area contributed by atoms with Crippen LogP contribution in [0, 0.1) is 0 Å². The van der Waals surface area contributed by atoms with Crippen LogP contribution in [0.25, 0.3) is 0 Å². The summed E-state index contributed by atoms with van der Waals surface area (Å²) in [6.07, 6.45) is 0. The largest absolute Gasteiger partial charge is 0.377 e. The predicted octanol–water partition coefficient (Wildman–Crippen LogP) is 0.521. The third-order valence-electron chi connectivity index (χ3n) is 4.40. The fourth-order valence-corrected chi connectivity index (χ4v) is 3.42. The molecule has 19 heavy (non-hydrogen) atoms. The van der Waals surface area contributed by atoms with Gasteiger partial charge in [0.25, 0.3) is 0 Å². The number of rotatable bonds is 2. The van der Waals surface area contributed by atoms with Gasteiger partial charge in [0.15, 0.2) is 0 Å². The van der Waals surface area contributed by atoms with Crippen molar-refractivity contribution in [1.29, 1.82) is 0 Å². The lowest BCUT2D eigenvalue weighted by molar-refractivity contribution is -0.123. The molecule has 2 saturated heterocycles. The predicted molar refractivity (Wildman–Crippen MR) is 71.9 cm³/mol. The van der Waals surface area contributed by atoms with Crippen LogP contribution in [0.5, 0.6) is 0 Å². The maximum Gasteiger partial charge on any atom is 0.312 e. The van der Waals surface area contributed by atoms with E-state index < -0.39 is 6.03 Å². The van der Waals surface area contributed by atoms with E-state index in [1.54, 1.807) is 0 Å². The van der Waals surface area contributed by atoms with E-state index in [-0.39, 0.29) is 17.5 Å². The van der Waals surface area contributed by atoms with Crippen LogP contribution in [0.4, 0.5) is 4.79 Å². The van der Waals surface area contributed by atoms with Crippen molar-refractivity contribution in [2.75, 3.05) is 26.8 Å². The Kier molecular flexibility index (Phi) is 2.95. The van der Waals surface area contributed by atoms with Crippen molar-refractivity contribution in [1.82, 2.24) is 10.2 Å². The average molecular weight is 261 g/mol. The maximum atomic E-state index is 11.2. The Labute approximate surface area is 112 Å². The van der Waals surface area contributed by atoms with Gasteiger partial charge in [-0.25, -0.2) is 4.79 Å². The zero-order valence-electron chi connectivity index (χ0n) is 11.0. The van der Waals surface area contributed by atoms with E-state index in [9.17, 15) is 4.79 Å². The van der Waals surface area contributed by atoms with E-state index in [0.29, 0.717) is 13.2 Å². The molecule has 3 N–H and O–H groups in total. The second-order valence-electron chi connectivity index (χ2n) is 5.48. The first-order chi connectivity index (χ1) is 9.13. The number of likely N-dealkylation sites (N-methyl/N-ethyl adjacent to an activating group) is 1. The summed E-state index contributed by atoms with van der Waals surface area (Å²) in [5, 5.41) is 2.89.